The van der Waals surface area contributed by atoms with Crippen LogP contribution in [0.4, 0.5) is 0 Å². The molecule has 0 aromatic carbocycles. The van der Waals surface area contributed by atoms with Crippen molar-refractivity contribution in [3.8, 4) is 0 Å². The Morgan fingerprint density at radius 1 is 1.12 bits per heavy atom. The summed E-state index contributed by atoms with van der Waals surface area (Å²) in [5.74, 6) is 3.30. The number of rotatable bonds is 11. The van der Waals surface area contributed by atoms with Gasteiger partial charge >= 0.3 is 0 Å². The second-order valence-electron chi connectivity index (χ2n) is 4.65. The fourth-order valence-corrected chi connectivity index (χ4v) is 2.96. The summed E-state index contributed by atoms with van der Waals surface area (Å²) in [6.45, 7) is 12.2. The van der Waals surface area contributed by atoms with E-state index in [0.717, 1.165) is 19.0 Å². The molecule has 17 heavy (non-hydrogen) atoms. The summed E-state index contributed by atoms with van der Waals surface area (Å²) in [5, 5.41) is 0. The van der Waals surface area contributed by atoms with Crippen LogP contribution in [0.1, 0.15) is 47.0 Å². The van der Waals surface area contributed by atoms with Crippen LogP contribution in [0.5, 0.6) is 0 Å². The van der Waals surface area contributed by atoms with Gasteiger partial charge in [0, 0.05) is 19.1 Å². The number of likely N-dealkylation sites (N-methyl/N-ethyl adjacent to an activating group) is 1. The molecular formula is C14H32N2S. The lowest BCUT2D eigenvalue weighted by atomic mass is 10.0. The Bertz CT molecular complexity index is 160. The molecule has 1 atom stereocenters. The molecule has 104 valence electrons. The summed E-state index contributed by atoms with van der Waals surface area (Å²) in [6.07, 6.45) is 3.81. The van der Waals surface area contributed by atoms with Crippen LogP contribution in [0.25, 0.3) is 0 Å². The molecular weight excluding hydrogens is 228 g/mol. The molecule has 0 heterocycles. The van der Waals surface area contributed by atoms with Crippen molar-refractivity contribution in [2.24, 2.45) is 11.7 Å². The summed E-state index contributed by atoms with van der Waals surface area (Å²) in [4.78, 5) is 2.59. The standard InChI is InChI=1S/C14H32N2S/c1-5-13(6-2)12-16(7-3)14(11-15)9-10-17-8-4/h13-14H,5-12,15H2,1-4H3. The van der Waals surface area contributed by atoms with Gasteiger partial charge in [0.25, 0.3) is 0 Å². The third-order valence-electron chi connectivity index (χ3n) is 3.64. The quantitative estimate of drug-likeness (QED) is 0.578. The molecule has 0 aliphatic carbocycles. The summed E-state index contributed by atoms with van der Waals surface area (Å²) in [7, 11) is 0. The van der Waals surface area contributed by atoms with Gasteiger partial charge in [-0.15, -0.1) is 0 Å². The highest BCUT2D eigenvalue weighted by Gasteiger charge is 2.18. The van der Waals surface area contributed by atoms with E-state index in [0.29, 0.717) is 6.04 Å². The first-order chi connectivity index (χ1) is 8.23. The topological polar surface area (TPSA) is 29.3 Å². The van der Waals surface area contributed by atoms with E-state index in [2.05, 4.69) is 32.6 Å². The molecule has 0 fully saturated rings. The van der Waals surface area contributed by atoms with Crippen molar-refractivity contribution in [2.45, 2.75) is 53.0 Å². The van der Waals surface area contributed by atoms with Crippen molar-refractivity contribution in [2.75, 3.05) is 31.1 Å². The second-order valence-corrected chi connectivity index (χ2v) is 6.04. The van der Waals surface area contributed by atoms with E-state index in [9.17, 15) is 0 Å². The fourth-order valence-electron chi connectivity index (χ4n) is 2.23. The van der Waals surface area contributed by atoms with Gasteiger partial charge in [-0.25, -0.2) is 0 Å². The zero-order chi connectivity index (χ0) is 13.1. The second kappa shape index (κ2) is 11.4. The maximum atomic E-state index is 5.94. The van der Waals surface area contributed by atoms with E-state index in [1.807, 2.05) is 11.8 Å². The Morgan fingerprint density at radius 3 is 2.18 bits per heavy atom. The predicted octanol–water partition coefficient (Wildman–Crippen LogP) is 3.22. The highest BCUT2D eigenvalue weighted by molar-refractivity contribution is 7.99. The zero-order valence-corrected chi connectivity index (χ0v) is 13.1. The molecule has 0 rings (SSSR count). The lowest BCUT2D eigenvalue weighted by Gasteiger charge is -2.32. The molecule has 0 aromatic rings. The van der Waals surface area contributed by atoms with Crippen LogP contribution in [0.2, 0.25) is 0 Å². The van der Waals surface area contributed by atoms with Crippen LogP contribution in [-0.4, -0.2) is 42.1 Å². The van der Waals surface area contributed by atoms with Gasteiger partial charge in [-0.1, -0.05) is 40.5 Å². The van der Waals surface area contributed by atoms with E-state index < -0.39 is 0 Å². The smallest absolute Gasteiger partial charge is 0.0226 e. The Kier molecular flexibility index (Phi) is 11.5. The summed E-state index contributed by atoms with van der Waals surface area (Å²) in [5.41, 5.74) is 5.94. The summed E-state index contributed by atoms with van der Waals surface area (Å²) >= 11 is 2.03. The van der Waals surface area contributed by atoms with E-state index >= 15 is 0 Å². The van der Waals surface area contributed by atoms with Crippen LogP contribution in [0.3, 0.4) is 0 Å². The maximum absolute atomic E-state index is 5.94. The van der Waals surface area contributed by atoms with Gasteiger partial charge in [0.2, 0.25) is 0 Å². The van der Waals surface area contributed by atoms with Crippen molar-refractivity contribution in [3.63, 3.8) is 0 Å². The van der Waals surface area contributed by atoms with E-state index in [1.165, 1.54) is 37.3 Å². The van der Waals surface area contributed by atoms with Crippen LogP contribution in [-0.2, 0) is 0 Å². The average Bonchev–Trinajstić information content (AvgIpc) is 2.37. The van der Waals surface area contributed by atoms with Crippen molar-refractivity contribution >= 4 is 11.8 Å². The number of hydrogen-bond donors (Lipinski definition) is 1. The van der Waals surface area contributed by atoms with Crippen LogP contribution < -0.4 is 5.73 Å². The number of nitrogens with zero attached hydrogens (tertiary/aromatic N) is 1. The Morgan fingerprint density at radius 2 is 1.76 bits per heavy atom. The maximum Gasteiger partial charge on any atom is 0.0226 e. The molecule has 0 bridgehead atoms. The molecule has 3 heteroatoms. The molecule has 0 amide bonds. The van der Waals surface area contributed by atoms with Crippen LogP contribution >= 0.6 is 11.8 Å². The molecule has 0 saturated carbocycles. The van der Waals surface area contributed by atoms with Gasteiger partial charge in [0.05, 0.1) is 0 Å². The molecule has 2 N–H and O–H groups in total. The Hall–Kier alpha value is 0.270. The highest BCUT2D eigenvalue weighted by atomic mass is 32.2. The normalized spacial score (nSPS) is 13.6. The SMILES string of the molecule is CCSCCC(CN)N(CC)CC(CC)CC. The first kappa shape index (κ1) is 17.3. The van der Waals surface area contributed by atoms with Crippen molar-refractivity contribution in [3.05, 3.63) is 0 Å². The van der Waals surface area contributed by atoms with E-state index in [-0.39, 0.29) is 0 Å². The number of hydrogen-bond acceptors (Lipinski definition) is 3. The zero-order valence-electron chi connectivity index (χ0n) is 12.2. The molecule has 0 aliphatic heterocycles. The lowest BCUT2D eigenvalue weighted by Crippen LogP contribution is -2.43. The van der Waals surface area contributed by atoms with E-state index in [4.69, 9.17) is 5.73 Å². The molecule has 1 unspecified atom stereocenters. The Labute approximate surface area is 113 Å². The predicted molar refractivity (Wildman–Crippen MR) is 81.8 cm³/mol. The molecule has 0 spiro atoms. The van der Waals surface area contributed by atoms with Gasteiger partial charge in [0.1, 0.15) is 0 Å². The van der Waals surface area contributed by atoms with E-state index in [1.54, 1.807) is 0 Å². The van der Waals surface area contributed by atoms with Crippen molar-refractivity contribution in [1.29, 1.82) is 0 Å². The fraction of sp³-hybridized carbons (Fsp3) is 1.00. The summed E-state index contributed by atoms with van der Waals surface area (Å²) in [6, 6.07) is 0.583. The largest absolute Gasteiger partial charge is 0.329 e. The lowest BCUT2D eigenvalue weighted by molar-refractivity contribution is 0.170. The molecule has 0 saturated heterocycles. The minimum absolute atomic E-state index is 0.583. The van der Waals surface area contributed by atoms with Gasteiger partial charge in [-0.2, -0.15) is 11.8 Å². The first-order valence-corrected chi connectivity index (χ1v) is 8.40. The first-order valence-electron chi connectivity index (χ1n) is 7.25. The third-order valence-corrected chi connectivity index (χ3v) is 4.57. The van der Waals surface area contributed by atoms with Crippen molar-refractivity contribution < 1.29 is 0 Å². The monoisotopic (exact) mass is 260 g/mol. The summed E-state index contributed by atoms with van der Waals surface area (Å²) < 4.78 is 0. The number of nitrogens with two attached hydrogens (primary N) is 1. The third kappa shape index (κ3) is 7.32. The number of thioether (sulfide) groups is 1. The molecule has 0 radical (unpaired) electrons. The molecule has 2 nitrogen and oxygen atoms in total. The Balaban J connectivity index is 4.16. The van der Waals surface area contributed by atoms with Gasteiger partial charge < -0.3 is 5.73 Å². The van der Waals surface area contributed by atoms with Gasteiger partial charge in [0.15, 0.2) is 0 Å². The minimum Gasteiger partial charge on any atom is -0.329 e. The van der Waals surface area contributed by atoms with Crippen LogP contribution in [0.15, 0.2) is 0 Å². The highest BCUT2D eigenvalue weighted by Crippen LogP contribution is 2.15. The van der Waals surface area contributed by atoms with Gasteiger partial charge in [-0.05, 0) is 30.4 Å². The van der Waals surface area contributed by atoms with Gasteiger partial charge in [-0.3, -0.25) is 4.90 Å². The average molecular weight is 260 g/mol. The van der Waals surface area contributed by atoms with Crippen molar-refractivity contribution in [1.82, 2.24) is 4.90 Å². The molecule has 0 aromatic heterocycles. The molecule has 0 aliphatic rings. The minimum atomic E-state index is 0.583. The van der Waals surface area contributed by atoms with Crippen LogP contribution in [0, 0.1) is 5.92 Å².